The number of hydrogen-bond acceptors (Lipinski definition) is 6. The average Bonchev–Trinajstić information content (AvgIpc) is 2.54. The van der Waals surface area contributed by atoms with Crippen molar-refractivity contribution < 1.29 is 26.4 Å². The predicted molar refractivity (Wildman–Crippen MR) is 93.2 cm³/mol. The Labute approximate surface area is 146 Å². The van der Waals surface area contributed by atoms with Crippen LogP contribution in [0.4, 0.5) is 5.69 Å². The normalized spacial score (nSPS) is 11.8. The standard InChI is InChI=1S/C16H17NO6S2/c1-23-13-5-9-15(10-6-13)25(21,22)11-16(18)17-12-3-7-14(8-4-12)24(2,19)20/h3-10H,11H2,1-2H3,(H,17,18). The third-order valence-electron chi connectivity index (χ3n) is 3.31. The van der Waals surface area contributed by atoms with E-state index in [9.17, 15) is 21.6 Å². The minimum absolute atomic E-state index is 0.0101. The Bertz CT molecular complexity index is 962. The highest BCUT2D eigenvalue weighted by molar-refractivity contribution is 7.92. The molecule has 0 bridgehead atoms. The molecule has 2 aromatic rings. The van der Waals surface area contributed by atoms with E-state index in [1.807, 2.05) is 0 Å². The van der Waals surface area contributed by atoms with Crippen molar-refractivity contribution >= 4 is 31.3 Å². The lowest BCUT2D eigenvalue weighted by Gasteiger charge is -2.08. The van der Waals surface area contributed by atoms with Crippen molar-refractivity contribution in [3.63, 3.8) is 0 Å². The van der Waals surface area contributed by atoms with Crippen LogP contribution >= 0.6 is 0 Å². The summed E-state index contributed by atoms with van der Waals surface area (Å²) in [7, 11) is -5.67. The molecule has 0 atom stereocenters. The molecule has 0 aromatic heterocycles. The predicted octanol–water partition coefficient (Wildman–Crippen LogP) is 1.51. The lowest BCUT2D eigenvalue weighted by molar-refractivity contribution is -0.113. The number of hydrogen-bond donors (Lipinski definition) is 1. The first kappa shape index (κ1) is 18.9. The van der Waals surface area contributed by atoms with Crippen LogP contribution in [0.15, 0.2) is 58.3 Å². The summed E-state index contributed by atoms with van der Waals surface area (Å²) in [6.07, 6.45) is 1.07. The van der Waals surface area contributed by atoms with Crippen LogP contribution in [0.25, 0.3) is 0 Å². The van der Waals surface area contributed by atoms with Crippen LogP contribution in [0, 0.1) is 0 Å². The molecule has 0 fully saturated rings. The molecule has 0 saturated heterocycles. The SMILES string of the molecule is COc1ccc(S(=O)(=O)CC(=O)Nc2ccc(S(C)(=O)=O)cc2)cc1. The summed E-state index contributed by atoms with van der Waals surface area (Å²) < 4.78 is 52.2. The van der Waals surface area contributed by atoms with E-state index in [4.69, 9.17) is 4.74 Å². The fourth-order valence-electron chi connectivity index (χ4n) is 2.02. The Hall–Kier alpha value is -2.39. The Kier molecular flexibility index (Phi) is 5.48. The molecule has 0 saturated carbocycles. The Morgan fingerprint density at radius 2 is 1.44 bits per heavy atom. The van der Waals surface area contributed by atoms with E-state index < -0.39 is 31.3 Å². The number of carbonyl (C=O) groups excluding carboxylic acids is 1. The number of nitrogens with one attached hydrogen (secondary N) is 1. The molecule has 9 heteroatoms. The van der Waals surface area contributed by atoms with Crippen molar-refractivity contribution in [1.82, 2.24) is 0 Å². The minimum Gasteiger partial charge on any atom is -0.497 e. The minimum atomic E-state index is -3.80. The molecule has 2 aromatic carbocycles. The maximum absolute atomic E-state index is 12.2. The van der Waals surface area contributed by atoms with Gasteiger partial charge in [-0.2, -0.15) is 0 Å². The summed E-state index contributed by atoms with van der Waals surface area (Å²) in [4.78, 5) is 12.1. The van der Waals surface area contributed by atoms with E-state index in [0.29, 0.717) is 11.4 Å². The van der Waals surface area contributed by atoms with Crippen LogP contribution in [-0.4, -0.2) is 41.9 Å². The molecule has 0 aliphatic carbocycles. The lowest BCUT2D eigenvalue weighted by atomic mass is 10.3. The molecule has 1 N–H and O–H groups in total. The van der Waals surface area contributed by atoms with Crippen LogP contribution in [0.1, 0.15) is 0 Å². The maximum Gasteiger partial charge on any atom is 0.239 e. The largest absolute Gasteiger partial charge is 0.497 e. The molecule has 2 rings (SSSR count). The van der Waals surface area contributed by atoms with Gasteiger partial charge in [0.1, 0.15) is 11.5 Å². The van der Waals surface area contributed by atoms with E-state index in [2.05, 4.69) is 5.32 Å². The first-order valence-corrected chi connectivity index (χ1v) is 10.6. The number of anilines is 1. The van der Waals surface area contributed by atoms with Gasteiger partial charge >= 0.3 is 0 Å². The summed E-state index contributed by atoms with van der Waals surface area (Å²) >= 11 is 0. The zero-order valence-electron chi connectivity index (χ0n) is 13.6. The molecule has 25 heavy (non-hydrogen) atoms. The molecular formula is C16H17NO6S2. The van der Waals surface area contributed by atoms with Crippen molar-refractivity contribution in [3.05, 3.63) is 48.5 Å². The number of carbonyl (C=O) groups is 1. The Balaban J connectivity index is 2.08. The van der Waals surface area contributed by atoms with Crippen LogP contribution in [0.2, 0.25) is 0 Å². The number of sulfone groups is 2. The average molecular weight is 383 g/mol. The molecule has 134 valence electrons. The number of rotatable bonds is 6. The van der Waals surface area contributed by atoms with Crippen LogP contribution in [-0.2, 0) is 24.5 Å². The van der Waals surface area contributed by atoms with Crippen LogP contribution in [0.5, 0.6) is 5.75 Å². The monoisotopic (exact) mass is 383 g/mol. The van der Waals surface area contributed by atoms with E-state index in [1.54, 1.807) is 0 Å². The van der Waals surface area contributed by atoms with Gasteiger partial charge in [-0.05, 0) is 48.5 Å². The highest BCUT2D eigenvalue weighted by atomic mass is 32.2. The summed E-state index contributed by atoms with van der Waals surface area (Å²) in [5, 5.41) is 2.43. The first-order chi connectivity index (χ1) is 11.6. The van der Waals surface area contributed by atoms with Gasteiger partial charge in [0.25, 0.3) is 0 Å². The first-order valence-electron chi connectivity index (χ1n) is 7.08. The van der Waals surface area contributed by atoms with E-state index >= 15 is 0 Å². The fraction of sp³-hybridized carbons (Fsp3) is 0.188. The van der Waals surface area contributed by atoms with Gasteiger partial charge in [-0.3, -0.25) is 4.79 Å². The van der Waals surface area contributed by atoms with Gasteiger partial charge in [-0.15, -0.1) is 0 Å². The van der Waals surface area contributed by atoms with Crippen molar-refractivity contribution in [3.8, 4) is 5.75 Å². The third kappa shape index (κ3) is 5.04. The molecule has 0 aliphatic rings. The third-order valence-corrected chi connectivity index (χ3v) is 6.07. The summed E-state index contributed by atoms with van der Waals surface area (Å²) in [5.41, 5.74) is 0.308. The van der Waals surface area contributed by atoms with E-state index in [1.165, 1.54) is 55.6 Å². The van der Waals surface area contributed by atoms with Gasteiger partial charge < -0.3 is 10.1 Å². The molecule has 0 radical (unpaired) electrons. The van der Waals surface area contributed by atoms with E-state index in [-0.39, 0.29) is 9.79 Å². The van der Waals surface area contributed by atoms with Crippen molar-refractivity contribution in [1.29, 1.82) is 0 Å². The van der Waals surface area contributed by atoms with Crippen molar-refractivity contribution in [2.75, 3.05) is 24.4 Å². The van der Waals surface area contributed by atoms with Gasteiger partial charge in [0.2, 0.25) is 5.91 Å². The second kappa shape index (κ2) is 7.24. The highest BCUT2D eigenvalue weighted by Crippen LogP contribution is 2.18. The summed E-state index contributed by atoms with van der Waals surface area (Å²) in [5.74, 6) is -0.940. The summed E-state index contributed by atoms with van der Waals surface area (Å²) in [6.45, 7) is 0. The van der Waals surface area contributed by atoms with Gasteiger partial charge in [-0.1, -0.05) is 0 Å². The summed E-state index contributed by atoms with van der Waals surface area (Å²) in [6, 6.07) is 11.2. The number of ether oxygens (including phenoxy) is 1. The number of methoxy groups -OCH3 is 1. The molecule has 7 nitrogen and oxygen atoms in total. The van der Waals surface area contributed by atoms with Gasteiger partial charge in [-0.25, -0.2) is 16.8 Å². The smallest absolute Gasteiger partial charge is 0.239 e. The topological polar surface area (TPSA) is 107 Å². The van der Waals surface area contributed by atoms with Gasteiger partial charge in [0.05, 0.1) is 16.9 Å². The molecule has 0 aliphatic heterocycles. The molecule has 1 amide bonds. The molecule has 0 spiro atoms. The molecule has 0 unspecified atom stereocenters. The number of benzene rings is 2. The van der Waals surface area contributed by atoms with Crippen molar-refractivity contribution in [2.24, 2.45) is 0 Å². The molecule has 0 heterocycles. The Morgan fingerprint density at radius 3 is 1.92 bits per heavy atom. The maximum atomic E-state index is 12.2. The fourth-order valence-corrected chi connectivity index (χ4v) is 3.79. The second-order valence-electron chi connectivity index (χ2n) is 5.28. The molecular weight excluding hydrogens is 366 g/mol. The van der Waals surface area contributed by atoms with Crippen LogP contribution < -0.4 is 10.1 Å². The quantitative estimate of drug-likeness (QED) is 0.810. The zero-order valence-corrected chi connectivity index (χ0v) is 15.2. The number of amides is 1. The highest BCUT2D eigenvalue weighted by Gasteiger charge is 2.19. The van der Waals surface area contributed by atoms with Gasteiger partial charge in [0.15, 0.2) is 19.7 Å². The second-order valence-corrected chi connectivity index (χ2v) is 9.28. The zero-order chi connectivity index (χ0) is 18.7. The van der Waals surface area contributed by atoms with Crippen molar-refractivity contribution in [2.45, 2.75) is 9.79 Å². The lowest BCUT2D eigenvalue weighted by Crippen LogP contribution is -2.23. The van der Waals surface area contributed by atoms with Gasteiger partial charge in [0, 0.05) is 11.9 Å². The van der Waals surface area contributed by atoms with E-state index in [0.717, 1.165) is 6.26 Å². The Morgan fingerprint density at radius 1 is 0.920 bits per heavy atom. The van der Waals surface area contributed by atoms with Crippen LogP contribution in [0.3, 0.4) is 0 Å².